The Hall–Kier alpha value is 0.280. The fourth-order valence-corrected chi connectivity index (χ4v) is 3.42. The normalized spacial score (nSPS) is 13.9. The third-order valence-electron chi connectivity index (χ3n) is 2.55. The molecule has 0 aliphatic carbocycles. The SMILES string of the molecule is CC(Br)CC(C)(C)Cc1c(Cl)cccc1Cl. The van der Waals surface area contributed by atoms with Crippen molar-refractivity contribution in [2.75, 3.05) is 0 Å². The van der Waals surface area contributed by atoms with E-state index in [9.17, 15) is 0 Å². The average molecular weight is 324 g/mol. The van der Waals surface area contributed by atoms with E-state index in [1.54, 1.807) is 0 Å². The van der Waals surface area contributed by atoms with E-state index in [1.807, 2.05) is 18.2 Å². The maximum Gasteiger partial charge on any atom is 0.0453 e. The largest absolute Gasteiger partial charge is 0.0893 e. The van der Waals surface area contributed by atoms with Crippen molar-refractivity contribution in [2.24, 2.45) is 5.41 Å². The molecule has 3 heteroatoms. The smallest absolute Gasteiger partial charge is 0.0453 e. The quantitative estimate of drug-likeness (QED) is 0.620. The third kappa shape index (κ3) is 4.27. The van der Waals surface area contributed by atoms with Crippen molar-refractivity contribution in [1.29, 1.82) is 0 Å². The number of rotatable bonds is 4. The van der Waals surface area contributed by atoms with E-state index >= 15 is 0 Å². The topological polar surface area (TPSA) is 0 Å². The van der Waals surface area contributed by atoms with Crippen LogP contribution >= 0.6 is 39.1 Å². The van der Waals surface area contributed by atoms with Crippen LogP contribution in [0.3, 0.4) is 0 Å². The van der Waals surface area contributed by atoms with Crippen LogP contribution in [0.1, 0.15) is 32.8 Å². The maximum absolute atomic E-state index is 6.18. The first-order valence-electron chi connectivity index (χ1n) is 5.39. The number of halogens is 3. The molecule has 0 saturated carbocycles. The summed E-state index contributed by atoms with van der Waals surface area (Å²) in [5.41, 5.74) is 1.25. The van der Waals surface area contributed by atoms with Crippen molar-refractivity contribution in [3.8, 4) is 0 Å². The zero-order valence-electron chi connectivity index (χ0n) is 9.86. The number of alkyl halides is 1. The lowest BCUT2D eigenvalue weighted by Gasteiger charge is -2.27. The molecule has 0 aromatic heterocycles. The summed E-state index contributed by atoms with van der Waals surface area (Å²) in [6, 6.07) is 5.68. The lowest BCUT2D eigenvalue weighted by molar-refractivity contribution is 0.335. The highest BCUT2D eigenvalue weighted by molar-refractivity contribution is 9.09. The molecule has 0 aliphatic heterocycles. The Kier molecular flexibility index (Phi) is 5.15. The molecule has 1 rings (SSSR count). The summed E-state index contributed by atoms with van der Waals surface area (Å²) in [6.45, 7) is 6.64. The molecule has 0 nitrogen and oxygen atoms in total. The molecule has 0 aliphatic rings. The highest BCUT2D eigenvalue weighted by atomic mass is 79.9. The summed E-state index contributed by atoms with van der Waals surface area (Å²) in [6.07, 6.45) is 2.00. The van der Waals surface area contributed by atoms with Crippen LogP contribution in [0.4, 0.5) is 0 Å². The van der Waals surface area contributed by atoms with Crippen molar-refractivity contribution < 1.29 is 0 Å². The van der Waals surface area contributed by atoms with Crippen LogP contribution in [0.2, 0.25) is 10.0 Å². The van der Waals surface area contributed by atoms with Crippen LogP contribution in [0.15, 0.2) is 18.2 Å². The van der Waals surface area contributed by atoms with E-state index in [0.29, 0.717) is 4.83 Å². The molecule has 16 heavy (non-hydrogen) atoms. The zero-order chi connectivity index (χ0) is 12.3. The van der Waals surface area contributed by atoms with E-state index in [2.05, 4.69) is 36.7 Å². The highest BCUT2D eigenvalue weighted by Crippen LogP contribution is 2.35. The summed E-state index contributed by atoms with van der Waals surface area (Å²) in [4.78, 5) is 0.503. The second-order valence-electron chi connectivity index (χ2n) is 5.03. The van der Waals surface area contributed by atoms with Gasteiger partial charge in [-0.05, 0) is 36.0 Å². The van der Waals surface area contributed by atoms with Crippen LogP contribution < -0.4 is 0 Å². The Balaban J connectivity index is 2.87. The van der Waals surface area contributed by atoms with Crippen LogP contribution in [0.25, 0.3) is 0 Å². The van der Waals surface area contributed by atoms with E-state index in [-0.39, 0.29) is 5.41 Å². The monoisotopic (exact) mass is 322 g/mol. The van der Waals surface area contributed by atoms with E-state index < -0.39 is 0 Å². The van der Waals surface area contributed by atoms with Crippen molar-refractivity contribution >= 4 is 39.1 Å². The number of hydrogen-bond acceptors (Lipinski definition) is 0. The molecule has 90 valence electrons. The van der Waals surface area contributed by atoms with Gasteiger partial charge < -0.3 is 0 Å². The second-order valence-corrected chi connectivity index (χ2v) is 7.40. The van der Waals surface area contributed by atoms with Gasteiger partial charge in [0, 0.05) is 14.9 Å². The molecule has 1 aromatic carbocycles. The summed E-state index contributed by atoms with van der Waals surface area (Å²) < 4.78 is 0. The Morgan fingerprint density at radius 2 is 1.75 bits per heavy atom. The Morgan fingerprint density at radius 1 is 1.25 bits per heavy atom. The molecule has 0 radical (unpaired) electrons. The van der Waals surface area contributed by atoms with E-state index in [1.165, 1.54) is 0 Å². The minimum absolute atomic E-state index is 0.192. The summed E-state index contributed by atoms with van der Waals surface area (Å²) >= 11 is 15.9. The first kappa shape index (κ1) is 14.3. The molecule has 1 atom stereocenters. The van der Waals surface area contributed by atoms with Gasteiger partial charge in [0.2, 0.25) is 0 Å². The molecular formula is C13H17BrCl2. The van der Waals surface area contributed by atoms with Gasteiger partial charge >= 0.3 is 0 Å². The van der Waals surface area contributed by atoms with Crippen LogP contribution in [0.5, 0.6) is 0 Å². The molecule has 0 fully saturated rings. The first-order chi connectivity index (χ1) is 7.32. The maximum atomic E-state index is 6.18. The van der Waals surface area contributed by atoms with Gasteiger partial charge in [-0.2, -0.15) is 0 Å². The van der Waals surface area contributed by atoms with Crippen LogP contribution in [0, 0.1) is 5.41 Å². The molecule has 1 aromatic rings. The molecule has 0 N–H and O–H groups in total. The molecular weight excluding hydrogens is 307 g/mol. The minimum Gasteiger partial charge on any atom is -0.0893 e. The zero-order valence-corrected chi connectivity index (χ0v) is 13.0. The molecule has 1 unspecified atom stereocenters. The molecule has 0 bridgehead atoms. The molecule has 0 saturated heterocycles. The number of benzene rings is 1. The van der Waals surface area contributed by atoms with Crippen molar-refractivity contribution in [3.63, 3.8) is 0 Å². The predicted octanol–water partition coefficient (Wildman–Crippen LogP) is 5.74. The van der Waals surface area contributed by atoms with Crippen molar-refractivity contribution in [1.82, 2.24) is 0 Å². The lowest BCUT2D eigenvalue weighted by Crippen LogP contribution is -2.19. The van der Waals surface area contributed by atoms with Crippen LogP contribution in [-0.2, 0) is 6.42 Å². The van der Waals surface area contributed by atoms with Gasteiger partial charge in [-0.1, -0.05) is 66.0 Å². The van der Waals surface area contributed by atoms with Crippen molar-refractivity contribution in [2.45, 2.75) is 38.4 Å². The number of hydrogen-bond donors (Lipinski definition) is 0. The summed E-state index contributed by atoms with van der Waals surface area (Å²) in [5.74, 6) is 0. The second kappa shape index (κ2) is 5.75. The van der Waals surface area contributed by atoms with E-state index in [4.69, 9.17) is 23.2 Å². The van der Waals surface area contributed by atoms with Crippen molar-refractivity contribution in [3.05, 3.63) is 33.8 Å². The predicted molar refractivity (Wildman–Crippen MR) is 77.0 cm³/mol. The minimum atomic E-state index is 0.192. The van der Waals surface area contributed by atoms with E-state index in [0.717, 1.165) is 28.5 Å². The van der Waals surface area contributed by atoms with Gasteiger partial charge in [0.15, 0.2) is 0 Å². The highest BCUT2D eigenvalue weighted by Gasteiger charge is 2.23. The average Bonchev–Trinajstić information content (AvgIpc) is 2.09. The lowest BCUT2D eigenvalue weighted by atomic mass is 9.82. The summed E-state index contributed by atoms with van der Waals surface area (Å²) in [5, 5.41) is 1.53. The fourth-order valence-electron chi connectivity index (χ4n) is 2.01. The standard InChI is InChI=1S/C13H17BrCl2/c1-9(14)7-13(2,3)8-10-11(15)5-4-6-12(10)16/h4-6,9H,7-8H2,1-3H3. The Morgan fingerprint density at radius 3 is 2.19 bits per heavy atom. The Bertz CT molecular complexity index is 339. The van der Waals surface area contributed by atoms with Gasteiger partial charge in [0.05, 0.1) is 0 Å². The van der Waals surface area contributed by atoms with Gasteiger partial charge in [-0.15, -0.1) is 0 Å². The van der Waals surface area contributed by atoms with Gasteiger partial charge in [0.25, 0.3) is 0 Å². The molecule has 0 spiro atoms. The van der Waals surface area contributed by atoms with Crippen LogP contribution in [-0.4, -0.2) is 4.83 Å². The van der Waals surface area contributed by atoms with Gasteiger partial charge in [-0.25, -0.2) is 0 Å². The molecule has 0 heterocycles. The van der Waals surface area contributed by atoms with Gasteiger partial charge in [0.1, 0.15) is 0 Å². The first-order valence-corrected chi connectivity index (χ1v) is 7.06. The Labute approximate surface area is 116 Å². The van der Waals surface area contributed by atoms with Gasteiger partial charge in [-0.3, -0.25) is 0 Å². The molecule has 0 amide bonds. The fraction of sp³-hybridized carbons (Fsp3) is 0.538. The summed E-state index contributed by atoms with van der Waals surface area (Å²) in [7, 11) is 0. The third-order valence-corrected chi connectivity index (χ3v) is 3.58.